The van der Waals surface area contributed by atoms with Crippen LogP contribution in [0.2, 0.25) is 0 Å². The summed E-state index contributed by atoms with van der Waals surface area (Å²) in [7, 11) is 3.40. The Labute approximate surface area is 115 Å². The monoisotopic (exact) mass is 271 g/mol. The van der Waals surface area contributed by atoms with E-state index in [4.69, 9.17) is 14.6 Å². The number of nitrogens with zero attached hydrogens (tertiary/aromatic N) is 1. The molecule has 19 heavy (non-hydrogen) atoms. The van der Waals surface area contributed by atoms with E-state index in [1.165, 1.54) is 4.90 Å². The smallest absolute Gasteiger partial charge is 0.288 e. The van der Waals surface area contributed by atoms with Crippen molar-refractivity contribution in [1.29, 1.82) is 0 Å². The molecule has 5 heteroatoms. The third kappa shape index (κ3) is 4.21. The normalized spacial score (nSPS) is 26.6. The Morgan fingerprint density at radius 1 is 1.53 bits per heavy atom. The molecule has 0 spiro atoms. The summed E-state index contributed by atoms with van der Waals surface area (Å²) in [5.74, 6) is 0.579. The lowest BCUT2D eigenvalue weighted by Crippen LogP contribution is -2.38. The van der Waals surface area contributed by atoms with Crippen molar-refractivity contribution in [3.63, 3.8) is 0 Å². The number of hydrogen-bond acceptors (Lipinski definition) is 4. The number of allylic oxidation sites excluding steroid dienone is 1. The van der Waals surface area contributed by atoms with Gasteiger partial charge in [0.15, 0.2) is 5.76 Å². The molecule has 0 aliphatic carbocycles. The predicted molar refractivity (Wildman–Crippen MR) is 72.2 cm³/mol. The van der Waals surface area contributed by atoms with Crippen LogP contribution in [0.15, 0.2) is 11.8 Å². The molecule has 1 N–H and O–H groups in total. The molecule has 1 rings (SSSR count). The highest BCUT2D eigenvalue weighted by molar-refractivity contribution is 5.91. The van der Waals surface area contributed by atoms with Crippen LogP contribution in [-0.2, 0) is 14.3 Å². The third-order valence-corrected chi connectivity index (χ3v) is 3.33. The Hall–Kier alpha value is -1.07. The molecule has 0 saturated carbocycles. The second kappa shape index (κ2) is 7.50. The molecule has 1 heterocycles. The minimum atomic E-state index is -0.407. The van der Waals surface area contributed by atoms with E-state index in [0.717, 1.165) is 6.42 Å². The van der Waals surface area contributed by atoms with Gasteiger partial charge in [-0.1, -0.05) is 6.92 Å². The highest BCUT2D eigenvalue weighted by atomic mass is 16.7. The maximum absolute atomic E-state index is 12.0. The van der Waals surface area contributed by atoms with E-state index in [1.54, 1.807) is 14.1 Å². The van der Waals surface area contributed by atoms with Gasteiger partial charge in [0.1, 0.15) is 0 Å². The molecule has 5 nitrogen and oxygen atoms in total. The molecule has 1 amide bonds. The lowest BCUT2D eigenvalue weighted by molar-refractivity contribution is -0.173. The Balaban J connectivity index is 2.83. The molecule has 0 aromatic rings. The van der Waals surface area contributed by atoms with Crippen molar-refractivity contribution < 1.29 is 19.4 Å². The zero-order chi connectivity index (χ0) is 14.4. The lowest BCUT2D eigenvalue weighted by Gasteiger charge is -2.35. The first-order valence-electron chi connectivity index (χ1n) is 6.83. The van der Waals surface area contributed by atoms with Crippen LogP contribution in [0.4, 0.5) is 0 Å². The Bertz CT molecular complexity index is 327. The van der Waals surface area contributed by atoms with Gasteiger partial charge in [-0.25, -0.2) is 0 Å². The number of aliphatic hydroxyl groups excluding tert-OH is 1. The Kier molecular flexibility index (Phi) is 6.31. The largest absolute Gasteiger partial charge is 0.459 e. The quantitative estimate of drug-likeness (QED) is 0.793. The van der Waals surface area contributed by atoms with E-state index in [-0.39, 0.29) is 24.3 Å². The van der Waals surface area contributed by atoms with Gasteiger partial charge >= 0.3 is 0 Å². The minimum absolute atomic E-state index is 0.142. The van der Waals surface area contributed by atoms with Crippen LogP contribution in [0.5, 0.6) is 0 Å². The molecule has 1 aliphatic heterocycles. The summed E-state index contributed by atoms with van der Waals surface area (Å²) in [6.07, 6.45) is 2.99. The summed E-state index contributed by atoms with van der Waals surface area (Å²) in [5, 5.41) is 8.95. The van der Waals surface area contributed by atoms with Gasteiger partial charge in [0.2, 0.25) is 6.29 Å². The number of likely N-dealkylation sites (N-methyl/N-ethyl adjacent to an activating group) is 1. The van der Waals surface area contributed by atoms with Crippen LogP contribution in [0.25, 0.3) is 0 Å². The first kappa shape index (κ1) is 16.0. The lowest BCUT2D eigenvalue weighted by atomic mass is 9.86. The fourth-order valence-corrected chi connectivity index (χ4v) is 2.25. The summed E-state index contributed by atoms with van der Waals surface area (Å²) in [5.41, 5.74) is 0. The zero-order valence-electron chi connectivity index (χ0n) is 12.3. The summed E-state index contributed by atoms with van der Waals surface area (Å²) < 4.78 is 11.3. The second-order valence-electron chi connectivity index (χ2n) is 5.06. The number of carbonyl (C=O) groups excluding carboxylic acids is 1. The molecule has 110 valence electrons. The number of hydrogen-bond donors (Lipinski definition) is 1. The van der Waals surface area contributed by atoms with Crippen molar-refractivity contribution in [2.45, 2.75) is 33.0 Å². The summed E-state index contributed by atoms with van der Waals surface area (Å²) in [6, 6.07) is 0. The average Bonchev–Trinajstić information content (AvgIpc) is 2.37. The van der Waals surface area contributed by atoms with Crippen LogP contribution >= 0.6 is 0 Å². The van der Waals surface area contributed by atoms with E-state index in [0.29, 0.717) is 18.8 Å². The summed E-state index contributed by atoms with van der Waals surface area (Å²) in [6.45, 7) is 4.66. The molecular weight excluding hydrogens is 246 g/mol. The van der Waals surface area contributed by atoms with Crippen LogP contribution in [0, 0.1) is 11.8 Å². The summed E-state index contributed by atoms with van der Waals surface area (Å²) >= 11 is 0. The first-order valence-corrected chi connectivity index (χ1v) is 6.83. The van der Waals surface area contributed by atoms with Gasteiger partial charge in [-0.2, -0.15) is 0 Å². The van der Waals surface area contributed by atoms with Crippen LogP contribution in [-0.4, -0.2) is 49.5 Å². The highest BCUT2D eigenvalue weighted by Crippen LogP contribution is 2.32. The maximum Gasteiger partial charge on any atom is 0.288 e. The third-order valence-electron chi connectivity index (χ3n) is 3.33. The molecule has 0 aromatic heterocycles. The number of amides is 1. The van der Waals surface area contributed by atoms with Crippen molar-refractivity contribution >= 4 is 5.91 Å². The molecule has 0 aromatic carbocycles. The van der Waals surface area contributed by atoms with Crippen LogP contribution in [0.1, 0.15) is 26.7 Å². The minimum Gasteiger partial charge on any atom is -0.459 e. The standard InChI is InChI=1S/C14H25NO4/c1-5-18-14-11(7-6-8-16)10(2)9-12(19-14)13(17)15(3)4/h9-11,14,16H,5-8H2,1-4H3/t10-,11+,14+/m1/s1. The molecule has 0 saturated heterocycles. The van der Waals surface area contributed by atoms with Gasteiger partial charge in [0.25, 0.3) is 5.91 Å². The van der Waals surface area contributed by atoms with E-state index in [9.17, 15) is 4.79 Å². The van der Waals surface area contributed by atoms with Crippen molar-refractivity contribution in [3.05, 3.63) is 11.8 Å². The van der Waals surface area contributed by atoms with Crippen molar-refractivity contribution in [3.8, 4) is 0 Å². The average molecular weight is 271 g/mol. The van der Waals surface area contributed by atoms with Crippen molar-refractivity contribution in [2.24, 2.45) is 11.8 Å². The first-order chi connectivity index (χ1) is 9.01. The fraction of sp³-hybridized carbons (Fsp3) is 0.786. The second-order valence-corrected chi connectivity index (χ2v) is 5.06. The topological polar surface area (TPSA) is 59.0 Å². The number of carbonyl (C=O) groups is 1. The molecule has 3 atom stereocenters. The molecule has 1 aliphatic rings. The van der Waals surface area contributed by atoms with Gasteiger partial charge < -0.3 is 19.5 Å². The van der Waals surface area contributed by atoms with E-state index >= 15 is 0 Å². The van der Waals surface area contributed by atoms with Gasteiger partial charge in [0, 0.05) is 33.2 Å². The maximum atomic E-state index is 12.0. The van der Waals surface area contributed by atoms with Crippen LogP contribution < -0.4 is 0 Å². The van der Waals surface area contributed by atoms with Crippen molar-refractivity contribution in [1.82, 2.24) is 4.90 Å². The van der Waals surface area contributed by atoms with E-state index < -0.39 is 6.29 Å². The van der Waals surface area contributed by atoms with E-state index in [1.807, 2.05) is 13.0 Å². The number of aliphatic hydroxyl groups is 1. The van der Waals surface area contributed by atoms with Crippen molar-refractivity contribution in [2.75, 3.05) is 27.3 Å². The molecule has 0 fully saturated rings. The molecular formula is C14H25NO4. The number of ether oxygens (including phenoxy) is 2. The Morgan fingerprint density at radius 3 is 2.74 bits per heavy atom. The van der Waals surface area contributed by atoms with Gasteiger partial charge in [-0.15, -0.1) is 0 Å². The molecule has 0 radical (unpaired) electrons. The van der Waals surface area contributed by atoms with Gasteiger partial charge in [-0.05, 0) is 31.8 Å². The van der Waals surface area contributed by atoms with Gasteiger partial charge in [-0.3, -0.25) is 4.79 Å². The Morgan fingerprint density at radius 2 is 2.21 bits per heavy atom. The van der Waals surface area contributed by atoms with E-state index in [2.05, 4.69) is 6.92 Å². The zero-order valence-corrected chi connectivity index (χ0v) is 12.3. The number of rotatable bonds is 6. The molecule has 0 bridgehead atoms. The summed E-state index contributed by atoms with van der Waals surface area (Å²) in [4.78, 5) is 13.4. The predicted octanol–water partition coefficient (Wildman–Crippen LogP) is 1.38. The van der Waals surface area contributed by atoms with Crippen LogP contribution in [0.3, 0.4) is 0 Å². The highest BCUT2D eigenvalue weighted by Gasteiger charge is 2.35. The SMILES string of the molecule is CCO[C@H]1OC(C(=O)N(C)C)=C[C@@H](C)[C@@H]1CCCO. The molecule has 0 unspecified atom stereocenters. The van der Waals surface area contributed by atoms with Gasteiger partial charge in [0.05, 0.1) is 0 Å². The fourth-order valence-electron chi connectivity index (χ4n) is 2.25.